The van der Waals surface area contributed by atoms with E-state index in [4.69, 9.17) is 4.74 Å². The molecule has 2 N–H and O–H groups in total. The lowest BCUT2D eigenvalue weighted by molar-refractivity contribution is 0.251. The van der Waals surface area contributed by atoms with Gasteiger partial charge in [-0.25, -0.2) is 14.8 Å². The number of ether oxygens (including phenoxy) is 1. The molecule has 1 aromatic carbocycles. The monoisotopic (exact) mass is 315 g/mol. The number of rotatable bonds is 5. The smallest absolute Gasteiger partial charge is 0.319 e. The normalized spacial score (nSPS) is 10.1. The van der Waals surface area contributed by atoms with Gasteiger partial charge >= 0.3 is 6.03 Å². The van der Waals surface area contributed by atoms with Crippen molar-refractivity contribution in [1.29, 1.82) is 0 Å². The van der Waals surface area contributed by atoms with E-state index in [0.29, 0.717) is 5.82 Å². The first-order valence-electron chi connectivity index (χ1n) is 7.18. The van der Waals surface area contributed by atoms with Crippen molar-refractivity contribution in [3.8, 4) is 5.75 Å². The van der Waals surface area contributed by atoms with Crippen LogP contribution in [0.2, 0.25) is 0 Å². The zero-order chi connectivity index (χ0) is 16.8. The lowest BCUT2D eigenvalue weighted by Gasteiger charge is -2.13. The number of carbonyl (C=O) groups excluding carboxylic acids is 1. The van der Waals surface area contributed by atoms with Crippen molar-refractivity contribution in [3.05, 3.63) is 41.9 Å². The third-order valence-corrected chi connectivity index (χ3v) is 3.24. The Hall–Kier alpha value is -2.83. The van der Waals surface area contributed by atoms with Crippen molar-refractivity contribution in [3.63, 3.8) is 0 Å². The Kier molecular flexibility index (Phi) is 5.35. The van der Waals surface area contributed by atoms with Crippen LogP contribution in [-0.2, 0) is 6.54 Å². The molecule has 0 aliphatic carbocycles. The van der Waals surface area contributed by atoms with Crippen LogP contribution in [0.15, 0.2) is 30.5 Å². The topological polar surface area (TPSA) is 79.4 Å². The standard InChI is InChI=1S/C16H21N5O2/c1-11-9-12(23-4)5-6-13(11)19-16(22)18-10-14-17-8-7-15(20-14)21(2)3/h5-9H,10H2,1-4H3,(H2,18,19,22). The van der Waals surface area contributed by atoms with Gasteiger partial charge in [-0.05, 0) is 36.8 Å². The van der Waals surface area contributed by atoms with Crippen molar-refractivity contribution in [2.24, 2.45) is 0 Å². The number of hydrogen-bond acceptors (Lipinski definition) is 5. The Bertz CT molecular complexity index is 688. The van der Waals surface area contributed by atoms with Gasteiger partial charge in [0.2, 0.25) is 0 Å². The molecule has 0 spiro atoms. The highest BCUT2D eigenvalue weighted by molar-refractivity contribution is 5.90. The summed E-state index contributed by atoms with van der Waals surface area (Å²) in [4.78, 5) is 22.4. The summed E-state index contributed by atoms with van der Waals surface area (Å²) < 4.78 is 5.14. The Morgan fingerprint density at radius 3 is 2.74 bits per heavy atom. The second-order valence-electron chi connectivity index (χ2n) is 5.21. The Labute approximate surface area is 135 Å². The minimum Gasteiger partial charge on any atom is -0.497 e. The molecule has 2 aromatic rings. The summed E-state index contributed by atoms with van der Waals surface area (Å²) in [5.41, 5.74) is 1.65. The van der Waals surface area contributed by atoms with Gasteiger partial charge in [0.25, 0.3) is 0 Å². The first-order valence-corrected chi connectivity index (χ1v) is 7.18. The molecule has 122 valence electrons. The van der Waals surface area contributed by atoms with E-state index in [-0.39, 0.29) is 12.6 Å². The van der Waals surface area contributed by atoms with Crippen LogP contribution >= 0.6 is 0 Å². The van der Waals surface area contributed by atoms with Crippen molar-refractivity contribution < 1.29 is 9.53 Å². The van der Waals surface area contributed by atoms with E-state index in [1.807, 2.05) is 38.1 Å². The van der Waals surface area contributed by atoms with E-state index in [0.717, 1.165) is 22.8 Å². The van der Waals surface area contributed by atoms with Crippen molar-refractivity contribution in [2.45, 2.75) is 13.5 Å². The highest BCUT2D eigenvalue weighted by atomic mass is 16.5. The molecule has 0 saturated heterocycles. The molecule has 0 atom stereocenters. The number of hydrogen-bond donors (Lipinski definition) is 2. The number of nitrogens with one attached hydrogen (secondary N) is 2. The van der Waals surface area contributed by atoms with Crippen molar-refractivity contribution in [2.75, 3.05) is 31.4 Å². The number of aromatic nitrogens is 2. The zero-order valence-corrected chi connectivity index (χ0v) is 13.8. The molecular formula is C16H21N5O2. The number of amides is 2. The van der Waals surface area contributed by atoms with Gasteiger partial charge in [0, 0.05) is 26.0 Å². The number of aryl methyl sites for hydroxylation is 1. The van der Waals surface area contributed by atoms with E-state index >= 15 is 0 Å². The number of nitrogens with zero attached hydrogens (tertiary/aromatic N) is 3. The van der Waals surface area contributed by atoms with Gasteiger partial charge in [-0.3, -0.25) is 0 Å². The molecule has 0 aliphatic heterocycles. The van der Waals surface area contributed by atoms with E-state index in [2.05, 4.69) is 20.6 Å². The molecule has 0 saturated carbocycles. The minimum absolute atomic E-state index is 0.253. The van der Waals surface area contributed by atoms with Gasteiger partial charge in [0.15, 0.2) is 0 Å². The average molecular weight is 315 g/mol. The summed E-state index contributed by atoms with van der Waals surface area (Å²) in [6, 6.07) is 6.96. The summed E-state index contributed by atoms with van der Waals surface area (Å²) in [6.07, 6.45) is 1.67. The second-order valence-corrected chi connectivity index (χ2v) is 5.21. The largest absolute Gasteiger partial charge is 0.497 e. The second kappa shape index (κ2) is 7.44. The fourth-order valence-corrected chi connectivity index (χ4v) is 1.95. The van der Waals surface area contributed by atoms with E-state index in [1.165, 1.54) is 0 Å². The molecule has 0 aliphatic rings. The van der Waals surface area contributed by atoms with Gasteiger partial charge in [0.1, 0.15) is 17.4 Å². The zero-order valence-electron chi connectivity index (χ0n) is 13.8. The van der Waals surface area contributed by atoms with Crippen molar-refractivity contribution in [1.82, 2.24) is 15.3 Å². The summed E-state index contributed by atoms with van der Waals surface area (Å²) >= 11 is 0. The highest BCUT2D eigenvalue weighted by Gasteiger charge is 2.07. The van der Waals surface area contributed by atoms with E-state index in [9.17, 15) is 4.79 Å². The number of benzene rings is 1. The molecule has 2 rings (SSSR count). The number of anilines is 2. The Balaban J connectivity index is 1.94. The number of methoxy groups -OCH3 is 1. The van der Waals surface area contributed by atoms with Crippen LogP contribution in [0.3, 0.4) is 0 Å². The summed E-state index contributed by atoms with van der Waals surface area (Å²) in [6.45, 7) is 2.16. The maximum Gasteiger partial charge on any atom is 0.319 e. The van der Waals surface area contributed by atoms with Crippen LogP contribution in [0.5, 0.6) is 5.75 Å². The van der Waals surface area contributed by atoms with Gasteiger partial charge in [-0.2, -0.15) is 0 Å². The molecule has 0 bridgehead atoms. The lowest BCUT2D eigenvalue weighted by atomic mass is 10.2. The minimum atomic E-state index is -0.308. The van der Waals surface area contributed by atoms with Gasteiger partial charge in [-0.15, -0.1) is 0 Å². The highest BCUT2D eigenvalue weighted by Crippen LogP contribution is 2.20. The Morgan fingerprint density at radius 2 is 2.09 bits per heavy atom. The summed E-state index contributed by atoms with van der Waals surface area (Å²) in [5.74, 6) is 2.10. The summed E-state index contributed by atoms with van der Waals surface area (Å²) in [7, 11) is 5.41. The molecule has 0 radical (unpaired) electrons. The molecule has 1 aromatic heterocycles. The number of urea groups is 1. The molecule has 7 heteroatoms. The molecular weight excluding hydrogens is 294 g/mol. The molecule has 0 fully saturated rings. The molecule has 2 amide bonds. The quantitative estimate of drug-likeness (QED) is 0.884. The van der Waals surface area contributed by atoms with E-state index < -0.39 is 0 Å². The molecule has 0 unspecified atom stereocenters. The van der Waals surface area contributed by atoms with Crippen LogP contribution in [0, 0.1) is 6.92 Å². The fraction of sp³-hybridized carbons (Fsp3) is 0.312. The third-order valence-electron chi connectivity index (χ3n) is 3.24. The van der Waals surface area contributed by atoms with Crippen LogP contribution in [0.1, 0.15) is 11.4 Å². The third kappa shape index (κ3) is 4.57. The van der Waals surface area contributed by atoms with Crippen LogP contribution in [0.4, 0.5) is 16.3 Å². The molecule has 23 heavy (non-hydrogen) atoms. The van der Waals surface area contributed by atoms with E-state index in [1.54, 1.807) is 25.4 Å². The van der Waals surface area contributed by atoms with Crippen LogP contribution in [-0.4, -0.2) is 37.2 Å². The first-order chi connectivity index (χ1) is 11.0. The SMILES string of the molecule is COc1ccc(NC(=O)NCc2nccc(N(C)C)n2)c(C)c1. The summed E-state index contributed by atoms with van der Waals surface area (Å²) in [5, 5.41) is 5.54. The van der Waals surface area contributed by atoms with Crippen molar-refractivity contribution >= 4 is 17.5 Å². The Morgan fingerprint density at radius 1 is 1.30 bits per heavy atom. The maximum absolute atomic E-state index is 12.0. The van der Waals surface area contributed by atoms with Crippen LogP contribution in [0.25, 0.3) is 0 Å². The van der Waals surface area contributed by atoms with Gasteiger partial charge in [0.05, 0.1) is 13.7 Å². The average Bonchev–Trinajstić information content (AvgIpc) is 2.55. The first kappa shape index (κ1) is 16.5. The van der Waals surface area contributed by atoms with Gasteiger partial charge < -0.3 is 20.3 Å². The molecule has 7 nitrogen and oxygen atoms in total. The number of carbonyl (C=O) groups is 1. The fourth-order valence-electron chi connectivity index (χ4n) is 1.95. The van der Waals surface area contributed by atoms with Crippen LogP contribution < -0.4 is 20.3 Å². The maximum atomic E-state index is 12.0. The van der Waals surface area contributed by atoms with Gasteiger partial charge in [-0.1, -0.05) is 0 Å². The predicted octanol–water partition coefficient (Wildman–Crippen LogP) is 2.18. The lowest BCUT2D eigenvalue weighted by Crippen LogP contribution is -2.29. The predicted molar refractivity (Wildman–Crippen MR) is 89.9 cm³/mol. The molecule has 1 heterocycles.